The summed E-state index contributed by atoms with van der Waals surface area (Å²) in [5, 5.41) is 8.79. The second kappa shape index (κ2) is 5.53. The van der Waals surface area contributed by atoms with Crippen molar-refractivity contribution in [3.05, 3.63) is 35.4 Å². The molecule has 3 nitrogen and oxygen atoms in total. The van der Waals surface area contributed by atoms with E-state index in [9.17, 15) is 8.42 Å². The van der Waals surface area contributed by atoms with Gasteiger partial charge in [-0.25, -0.2) is 8.42 Å². The fourth-order valence-corrected chi connectivity index (χ4v) is 4.44. The van der Waals surface area contributed by atoms with Crippen LogP contribution >= 0.6 is 0 Å². The molecule has 2 rings (SSSR count). The van der Waals surface area contributed by atoms with E-state index in [-0.39, 0.29) is 5.75 Å². The molecule has 1 aliphatic rings. The summed E-state index contributed by atoms with van der Waals surface area (Å²) in [7, 11) is -3.05. The Labute approximate surface area is 108 Å². The van der Waals surface area contributed by atoms with Gasteiger partial charge in [0, 0.05) is 0 Å². The number of benzene rings is 1. The van der Waals surface area contributed by atoms with Gasteiger partial charge in [-0.1, -0.05) is 25.0 Å². The van der Waals surface area contributed by atoms with Gasteiger partial charge in [0.05, 0.1) is 23.1 Å². The summed E-state index contributed by atoms with van der Waals surface area (Å²) in [6.45, 7) is 0. The van der Waals surface area contributed by atoms with E-state index < -0.39 is 9.84 Å². The minimum Gasteiger partial charge on any atom is -0.228 e. The van der Waals surface area contributed by atoms with E-state index in [1.54, 1.807) is 24.3 Å². The molecule has 4 heteroatoms. The molecule has 1 saturated carbocycles. The molecule has 0 aliphatic heterocycles. The maximum atomic E-state index is 12.1. The molecule has 0 heterocycles. The van der Waals surface area contributed by atoms with Crippen LogP contribution in [0.5, 0.6) is 0 Å². The van der Waals surface area contributed by atoms with Gasteiger partial charge < -0.3 is 0 Å². The summed E-state index contributed by atoms with van der Waals surface area (Å²) in [5.41, 5.74) is 1.23. The normalized spacial score (nSPS) is 16.6. The van der Waals surface area contributed by atoms with Crippen LogP contribution in [0.2, 0.25) is 0 Å². The van der Waals surface area contributed by atoms with Crippen LogP contribution in [0.4, 0.5) is 0 Å². The Morgan fingerprint density at radius 1 is 1.28 bits per heavy atom. The predicted molar refractivity (Wildman–Crippen MR) is 70.6 cm³/mol. The Morgan fingerprint density at radius 2 is 2.00 bits per heavy atom. The van der Waals surface area contributed by atoms with Crippen LogP contribution in [0.15, 0.2) is 24.3 Å². The molecule has 0 saturated heterocycles. The summed E-state index contributed by atoms with van der Waals surface area (Å²) >= 11 is 0. The Balaban J connectivity index is 2.04. The molecule has 18 heavy (non-hydrogen) atoms. The van der Waals surface area contributed by atoms with Gasteiger partial charge in [0.2, 0.25) is 0 Å². The molecule has 0 amide bonds. The second-order valence-corrected chi connectivity index (χ2v) is 7.13. The first-order valence-electron chi connectivity index (χ1n) is 6.28. The van der Waals surface area contributed by atoms with Gasteiger partial charge in [0.25, 0.3) is 0 Å². The Kier molecular flexibility index (Phi) is 4.03. The van der Waals surface area contributed by atoms with Crippen LogP contribution in [0, 0.1) is 17.2 Å². The van der Waals surface area contributed by atoms with E-state index in [0.717, 1.165) is 25.7 Å². The Hall–Kier alpha value is -1.34. The summed E-state index contributed by atoms with van der Waals surface area (Å²) in [4.78, 5) is 0. The maximum Gasteiger partial charge on any atom is 0.154 e. The van der Waals surface area contributed by atoms with Crippen molar-refractivity contribution in [2.75, 3.05) is 5.75 Å². The van der Waals surface area contributed by atoms with Crippen molar-refractivity contribution >= 4 is 9.84 Å². The molecule has 0 unspecified atom stereocenters. The van der Waals surface area contributed by atoms with Gasteiger partial charge >= 0.3 is 0 Å². The number of sulfone groups is 1. The minimum atomic E-state index is -3.05. The topological polar surface area (TPSA) is 57.9 Å². The zero-order valence-electron chi connectivity index (χ0n) is 10.3. The molecule has 0 atom stereocenters. The van der Waals surface area contributed by atoms with E-state index in [0.29, 0.717) is 22.8 Å². The number of hydrogen-bond acceptors (Lipinski definition) is 3. The smallest absolute Gasteiger partial charge is 0.154 e. The summed E-state index contributed by atoms with van der Waals surface area (Å²) in [6, 6.07) is 8.88. The van der Waals surface area contributed by atoms with Crippen LogP contribution in [-0.4, -0.2) is 14.2 Å². The van der Waals surface area contributed by atoms with Gasteiger partial charge in [-0.3, -0.25) is 0 Å². The van der Waals surface area contributed by atoms with Crippen molar-refractivity contribution in [1.29, 1.82) is 5.26 Å². The summed E-state index contributed by atoms with van der Waals surface area (Å²) in [6.07, 6.45) is 4.39. The lowest BCUT2D eigenvalue weighted by atomic mass is 10.1. The average Bonchev–Trinajstić information content (AvgIpc) is 2.80. The third kappa shape index (κ3) is 3.58. The molecule has 0 aromatic heterocycles. The standard InChI is InChI=1S/C14H17NO2S/c15-9-13-6-3-7-14(8-13)11-18(16,17)10-12-4-1-2-5-12/h3,6-8,12H,1-2,4-5,10-11H2. The molecule has 1 aromatic carbocycles. The first-order valence-corrected chi connectivity index (χ1v) is 8.11. The van der Waals surface area contributed by atoms with Crippen molar-refractivity contribution in [3.8, 4) is 6.07 Å². The van der Waals surface area contributed by atoms with Crippen LogP contribution in [0.25, 0.3) is 0 Å². The van der Waals surface area contributed by atoms with Crippen molar-refractivity contribution < 1.29 is 8.42 Å². The molecule has 0 bridgehead atoms. The number of nitrogens with zero attached hydrogens (tertiary/aromatic N) is 1. The highest BCUT2D eigenvalue weighted by Crippen LogP contribution is 2.26. The van der Waals surface area contributed by atoms with E-state index in [1.165, 1.54) is 0 Å². The van der Waals surface area contributed by atoms with Gasteiger partial charge in [-0.2, -0.15) is 5.26 Å². The zero-order valence-corrected chi connectivity index (χ0v) is 11.1. The zero-order chi connectivity index (χ0) is 13.0. The van der Waals surface area contributed by atoms with Gasteiger partial charge in [0.15, 0.2) is 9.84 Å². The fraction of sp³-hybridized carbons (Fsp3) is 0.500. The number of hydrogen-bond donors (Lipinski definition) is 0. The van der Waals surface area contributed by atoms with Crippen LogP contribution < -0.4 is 0 Å². The molecule has 1 aliphatic carbocycles. The van der Waals surface area contributed by atoms with E-state index in [4.69, 9.17) is 5.26 Å². The maximum absolute atomic E-state index is 12.1. The van der Waals surface area contributed by atoms with Gasteiger partial charge in [0.1, 0.15) is 0 Å². The fourth-order valence-electron chi connectivity index (χ4n) is 2.58. The van der Waals surface area contributed by atoms with E-state index >= 15 is 0 Å². The molecule has 0 radical (unpaired) electrons. The van der Waals surface area contributed by atoms with Crippen molar-refractivity contribution in [2.24, 2.45) is 5.92 Å². The van der Waals surface area contributed by atoms with Crippen LogP contribution in [-0.2, 0) is 15.6 Å². The molecular formula is C14H17NO2S. The predicted octanol–water partition coefficient (Wildman–Crippen LogP) is 2.66. The highest BCUT2D eigenvalue weighted by atomic mass is 32.2. The Morgan fingerprint density at radius 3 is 2.67 bits per heavy atom. The van der Waals surface area contributed by atoms with Crippen molar-refractivity contribution in [3.63, 3.8) is 0 Å². The first-order chi connectivity index (χ1) is 8.59. The average molecular weight is 263 g/mol. The highest BCUT2D eigenvalue weighted by Gasteiger charge is 2.22. The molecule has 96 valence electrons. The lowest BCUT2D eigenvalue weighted by molar-refractivity contribution is 0.558. The molecule has 1 aromatic rings. The molecule has 0 spiro atoms. The van der Waals surface area contributed by atoms with E-state index in [2.05, 4.69) is 0 Å². The van der Waals surface area contributed by atoms with Crippen LogP contribution in [0.3, 0.4) is 0 Å². The third-order valence-electron chi connectivity index (χ3n) is 3.41. The van der Waals surface area contributed by atoms with E-state index in [1.807, 2.05) is 6.07 Å². The lowest BCUT2D eigenvalue weighted by Crippen LogP contribution is -2.15. The van der Waals surface area contributed by atoms with Crippen molar-refractivity contribution in [1.82, 2.24) is 0 Å². The minimum absolute atomic E-state index is 0.0546. The second-order valence-electron chi connectivity index (χ2n) is 5.02. The van der Waals surface area contributed by atoms with Gasteiger partial charge in [-0.05, 0) is 36.5 Å². The monoisotopic (exact) mass is 263 g/mol. The number of nitriles is 1. The quantitative estimate of drug-likeness (QED) is 0.839. The number of rotatable bonds is 4. The SMILES string of the molecule is N#Cc1cccc(CS(=O)(=O)CC2CCCC2)c1. The molecular weight excluding hydrogens is 246 g/mol. The molecule has 1 fully saturated rings. The molecule has 0 N–H and O–H groups in total. The third-order valence-corrected chi connectivity index (χ3v) is 5.16. The largest absolute Gasteiger partial charge is 0.228 e. The van der Waals surface area contributed by atoms with Crippen LogP contribution in [0.1, 0.15) is 36.8 Å². The first kappa shape index (κ1) is 13.1. The summed E-state index contributed by atoms with van der Waals surface area (Å²) < 4.78 is 24.1. The van der Waals surface area contributed by atoms with Gasteiger partial charge in [-0.15, -0.1) is 0 Å². The lowest BCUT2D eigenvalue weighted by Gasteiger charge is -2.10. The van der Waals surface area contributed by atoms with Crippen molar-refractivity contribution in [2.45, 2.75) is 31.4 Å². The highest BCUT2D eigenvalue weighted by molar-refractivity contribution is 7.90. The Bertz CT molecular complexity index is 551. The summed E-state index contributed by atoms with van der Waals surface area (Å²) in [5.74, 6) is 0.692.